The molecule has 3 aromatic rings. The number of anilines is 1. The number of allylic oxidation sites excluding steroid dienone is 1. The molecule has 5 rings (SSSR count). The molecule has 1 amide bonds. The molecule has 4 heterocycles. The van der Waals surface area contributed by atoms with E-state index in [4.69, 9.17) is 19.4 Å². The summed E-state index contributed by atoms with van der Waals surface area (Å²) in [6, 6.07) is 9.60. The van der Waals surface area contributed by atoms with Gasteiger partial charge in [-0.25, -0.2) is 4.98 Å². The van der Waals surface area contributed by atoms with Crippen molar-refractivity contribution in [2.24, 2.45) is 5.92 Å². The lowest BCUT2D eigenvalue weighted by Gasteiger charge is -2.33. The highest BCUT2D eigenvalue weighted by molar-refractivity contribution is 8.03. The van der Waals surface area contributed by atoms with Crippen molar-refractivity contribution in [1.82, 2.24) is 19.5 Å². The first-order valence-corrected chi connectivity index (χ1v) is 12.1. The third-order valence-electron chi connectivity index (χ3n) is 6.11. The summed E-state index contributed by atoms with van der Waals surface area (Å²) in [5, 5.41) is 10.7. The van der Waals surface area contributed by atoms with Gasteiger partial charge in [-0.15, -0.1) is 11.8 Å². The van der Waals surface area contributed by atoms with Crippen molar-refractivity contribution in [2.45, 2.75) is 24.5 Å². The molecular weight excluding hydrogens is 441 g/mol. The average molecular weight is 464 g/mol. The zero-order valence-corrected chi connectivity index (χ0v) is 19.1. The van der Waals surface area contributed by atoms with Crippen LogP contribution in [0.1, 0.15) is 19.3 Å². The van der Waals surface area contributed by atoms with Crippen molar-refractivity contribution >= 4 is 54.0 Å². The number of carbonyl (C=O) groups excluding carboxylic acids is 1. The first-order valence-electron chi connectivity index (χ1n) is 10.8. The Bertz CT molecular complexity index is 1170. The van der Waals surface area contributed by atoms with E-state index in [9.17, 15) is 4.79 Å². The number of carbonyl (C=O) groups is 1. The van der Waals surface area contributed by atoms with Crippen molar-refractivity contribution in [1.29, 1.82) is 0 Å². The molecule has 1 fully saturated rings. The second-order valence-electron chi connectivity index (χ2n) is 8.22. The van der Waals surface area contributed by atoms with Crippen LogP contribution in [0.5, 0.6) is 0 Å². The maximum Gasteiger partial charge on any atom is 0.236 e. The molecule has 1 saturated heterocycles. The van der Waals surface area contributed by atoms with Gasteiger partial charge in [0.05, 0.1) is 10.9 Å². The second kappa shape index (κ2) is 9.20. The molecule has 6 nitrogen and oxygen atoms in total. The summed E-state index contributed by atoms with van der Waals surface area (Å²) in [4.78, 5) is 19.4. The largest absolute Gasteiger partial charge is 0.370 e. The molecule has 2 aliphatic heterocycles. The Morgan fingerprint density at radius 1 is 1.28 bits per heavy atom. The fourth-order valence-corrected chi connectivity index (χ4v) is 5.40. The van der Waals surface area contributed by atoms with Gasteiger partial charge in [0.2, 0.25) is 5.91 Å². The van der Waals surface area contributed by atoms with Crippen LogP contribution in [0.3, 0.4) is 0 Å². The van der Waals surface area contributed by atoms with Crippen molar-refractivity contribution in [3.8, 4) is 11.3 Å². The molecule has 32 heavy (non-hydrogen) atoms. The van der Waals surface area contributed by atoms with E-state index in [1.54, 1.807) is 22.5 Å². The molecule has 1 unspecified atom stereocenters. The Kier molecular flexibility index (Phi) is 6.15. The molecule has 0 spiro atoms. The van der Waals surface area contributed by atoms with E-state index < -0.39 is 0 Å². The Hall–Kier alpha value is -2.45. The Balaban J connectivity index is 1.28. The van der Waals surface area contributed by atoms with E-state index in [1.165, 1.54) is 0 Å². The van der Waals surface area contributed by atoms with Gasteiger partial charge >= 0.3 is 0 Å². The molecule has 0 aliphatic carbocycles. The summed E-state index contributed by atoms with van der Waals surface area (Å²) in [5.74, 6) is 1.58. The number of rotatable bonds is 5. The number of thioether (sulfide) groups is 1. The van der Waals surface area contributed by atoms with Crippen molar-refractivity contribution in [3.63, 3.8) is 0 Å². The van der Waals surface area contributed by atoms with E-state index >= 15 is 0 Å². The number of piperidine rings is 1. The van der Waals surface area contributed by atoms with Crippen molar-refractivity contribution in [3.05, 3.63) is 53.0 Å². The van der Waals surface area contributed by atoms with Crippen molar-refractivity contribution in [2.75, 3.05) is 25.0 Å². The summed E-state index contributed by atoms with van der Waals surface area (Å²) in [6.45, 7) is 2.42. The van der Waals surface area contributed by atoms with Gasteiger partial charge in [0.15, 0.2) is 5.65 Å². The summed E-state index contributed by atoms with van der Waals surface area (Å²) >= 11 is 8.05. The highest BCUT2D eigenvalue weighted by Crippen LogP contribution is 2.30. The molecule has 1 atom stereocenters. The molecular formula is C23H23BClN5OS. The molecule has 2 aliphatic rings. The van der Waals surface area contributed by atoms with Crippen LogP contribution in [-0.2, 0) is 4.79 Å². The number of nitrogens with one attached hydrogen (secondary N) is 1. The molecule has 1 aromatic carbocycles. The smallest absolute Gasteiger partial charge is 0.236 e. The van der Waals surface area contributed by atoms with Gasteiger partial charge in [-0.05, 0) is 42.1 Å². The lowest BCUT2D eigenvalue weighted by atomic mass is 9.96. The lowest BCUT2D eigenvalue weighted by Crippen LogP contribution is -2.43. The van der Waals surface area contributed by atoms with Gasteiger partial charge in [-0.1, -0.05) is 35.9 Å². The number of amides is 1. The number of fused-ring (bicyclic) bond motifs is 1. The topological polar surface area (TPSA) is 62.5 Å². The standard InChI is InChI=1S/C23H23BClN5OS/c24-17-14-27-30-21(12-19(28-22(17)30)16-4-1-2-5-18(16)25)26-13-15-7-9-29(10-8-15)23(31)20-6-3-11-32-20/h1-5,11-12,14-15,20,26H,6-10,13H2. The van der Waals surface area contributed by atoms with E-state index in [2.05, 4.69) is 21.5 Å². The van der Waals surface area contributed by atoms with Gasteiger partial charge in [0, 0.05) is 42.5 Å². The SMILES string of the molecule is [B]c1cnn2c(NCC3CCN(C(=O)C4CC=CS4)CC3)cc(-c3ccccc3Cl)nc12. The molecule has 162 valence electrons. The van der Waals surface area contributed by atoms with Crippen LogP contribution in [0.4, 0.5) is 5.82 Å². The summed E-state index contributed by atoms with van der Waals surface area (Å²) in [5.41, 5.74) is 2.73. The first kappa shape index (κ1) is 21.4. The Morgan fingerprint density at radius 3 is 2.84 bits per heavy atom. The minimum Gasteiger partial charge on any atom is -0.370 e. The molecule has 2 radical (unpaired) electrons. The zero-order valence-electron chi connectivity index (χ0n) is 17.6. The highest BCUT2D eigenvalue weighted by atomic mass is 35.5. The maximum absolute atomic E-state index is 12.6. The minimum absolute atomic E-state index is 0.0725. The Labute approximate surface area is 197 Å². The van der Waals surface area contributed by atoms with Crippen LogP contribution in [-0.4, -0.2) is 58.1 Å². The minimum atomic E-state index is 0.0725. The maximum atomic E-state index is 12.6. The van der Waals surface area contributed by atoms with E-state index in [0.717, 1.165) is 56.0 Å². The normalized spacial score (nSPS) is 19.0. The van der Waals surface area contributed by atoms with Crippen LogP contribution in [0.2, 0.25) is 5.02 Å². The van der Waals surface area contributed by atoms with E-state index in [1.807, 2.05) is 40.6 Å². The van der Waals surface area contributed by atoms with Gasteiger partial charge in [0.25, 0.3) is 0 Å². The predicted molar refractivity (Wildman–Crippen MR) is 132 cm³/mol. The zero-order chi connectivity index (χ0) is 22.1. The Morgan fingerprint density at radius 2 is 2.09 bits per heavy atom. The number of hydrogen-bond acceptors (Lipinski definition) is 5. The summed E-state index contributed by atoms with van der Waals surface area (Å²) < 4.78 is 1.73. The highest BCUT2D eigenvalue weighted by Gasteiger charge is 2.29. The molecule has 1 N–H and O–H groups in total. The second-order valence-corrected chi connectivity index (χ2v) is 9.74. The first-order chi connectivity index (χ1) is 15.6. The number of aromatic nitrogens is 3. The van der Waals surface area contributed by atoms with Gasteiger partial charge in [-0.2, -0.15) is 9.61 Å². The van der Waals surface area contributed by atoms with Gasteiger partial charge in [-0.3, -0.25) is 4.79 Å². The molecule has 9 heteroatoms. The number of hydrogen-bond donors (Lipinski definition) is 1. The number of likely N-dealkylation sites (tertiary alicyclic amines) is 1. The van der Waals surface area contributed by atoms with Crippen LogP contribution < -0.4 is 10.8 Å². The number of benzene rings is 1. The fraction of sp³-hybridized carbons (Fsp3) is 0.348. The van der Waals surface area contributed by atoms with E-state index in [0.29, 0.717) is 22.1 Å². The predicted octanol–water partition coefficient (Wildman–Crippen LogP) is 3.51. The molecule has 2 aromatic heterocycles. The quantitative estimate of drug-likeness (QED) is 0.587. The monoisotopic (exact) mass is 463 g/mol. The van der Waals surface area contributed by atoms with Gasteiger partial charge in [0.1, 0.15) is 13.7 Å². The summed E-state index contributed by atoms with van der Waals surface area (Å²) in [6.07, 6.45) is 6.51. The van der Waals surface area contributed by atoms with E-state index in [-0.39, 0.29) is 11.2 Å². The lowest BCUT2D eigenvalue weighted by molar-refractivity contribution is -0.131. The average Bonchev–Trinajstić information content (AvgIpc) is 3.48. The van der Waals surface area contributed by atoms with Crippen LogP contribution in [0, 0.1) is 5.92 Å². The number of nitrogens with zero attached hydrogens (tertiary/aromatic N) is 4. The molecule has 0 saturated carbocycles. The van der Waals surface area contributed by atoms with Gasteiger partial charge < -0.3 is 10.2 Å². The summed E-state index contributed by atoms with van der Waals surface area (Å²) in [7, 11) is 6.11. The third-order valence-corrected chi connectivity index (χ3v) is 7.51. The fourth-order valence-electron chi connectivity index (χ4n) is 4.27. The van der Waals surface area contributed by atoms with Crippen LogP contribution in [0.25, 0.3) is 16.9 Å². The van der Waals surface area contributed by atoms with Crippen LogP contribution in [0.15, 0.2) is 48.0 Å². The molecule has 0 bridgehead atoms. The van der Waals surface area contributed by atoms with Crippen LogP contribution >= 0.6 is 23.4 Å². The number of halogens is 1. The third kappa shape index (κ3) is 4.26. The van der Waals surface area contributed by atoms with Crippen molar-refractivity contribution < 1.29 is 4.79 Å².